The molecule has 0 heterocycles. The Morgan fingerprint density at radius 3 is 1.28 bits per heavy atom. The summed E-state index contributed by atoms with van der Waals surface area (Å²) in [5.41, 5.74) is 15.7. The Bertz CT molecular complexity index is 2760. The van der Waals surface area contributed by atoms with Crippen LogP contribution in [0.5, 0.6) is 0 Å². The predicted molar refractivity (Wildman–Crippen MR) is 227 cm³/mol. The maximum atomic E-state index is 2.36. The Balaban J connectivity index is 1.07. The summed E-state index contributed by atoms with van der Waals surface area (Å²) < 4.78 is 0. The van der Waals surface area contributed by atoms with Crippen LogP contribution in [0.2, 0.25) is 0 Å². The molecule has 53 heavy (non-hydrogen) atoms. The first-order valence-corrected chi connectivity index (χ1v) is 18.3. The van der Waals surface area contributed by atoms with E-state index in [4.69, 9.17) is 0 Å². The van der Waals surface area contributed by atoms with Gasteiger partial charge in [-0.2, -0.15) is 0 Å². The van der Waals surface area contributed by atoms with E-state index in [0.717, 1.165) is 17.1 Å². The van der Waals surface area contributed by atoms with Gasteiger partial charge < -0.3 is 4.90 Å². The fourth-order valence-corrected chi connectivity index (χ4v) is 8.04. The number of benzene rings is 9. The molecule has 10 rings (SSSR count). The van der Waals surface area contributed by atoms with E-state index in [-0.39, 0.29) is 0 Å². The number of fused-ring (bicyclic) bond motifs is 1. The van der Waals surface area contributed by atoms with Gasteiger partial charge in [0.25, 0.3) is 0 Å². The summed E-state index contributed by atoms with van der Waals surface area (Å²) >= 11 is 0. The van der Waals surface area contributed by atoms with Crippen LogP contribution in [0.25, 0.3) is 78.2 Å². The van der Waals surface area contributed by atoms with E-state index >= 15 is 0 Å². The molecule has 1 nitrogen and oxygen atoms in total. The second kappa shape index (κ2) is 13.0. The van der Waals surface area contributed by atoms with Gasteiger partial charge in [0.05, 0.1) is 0 Å². The Labute approximate surface area is 310 Å². The van der Waals surface area contributed by atoms with E-state index < -0.39 is 0 Å². The fraction of sp³-hybridized carbons (Fsp3) is 0. The number of nitrogens with zero attached hydrogens (tertiary/aromatic N) is 1. The van der Waals surface area contributed by atoms with Crippen molar-refractivity contribution < 1.29 is 0 Å². The summed E-state index contributed by atoms with van der Waals surface area (Å²) in [6.07, 6.45) is 4.48. The molecule has 0 fully saturated rings. The lowest BCUT2D eigenvalue weighted by Gasteiger charge is -2.26. The molecule has 0 unspecified atom stereocenters. The summed E-state index contributed by atoms with van der Waals surface area (Å²) in [6.45, 7) is 0. The topological polar surface area (TPSA) is 3.24 Å². The molecule has 0 saturated heterocycles. The van der Waals surface area contributed by atoms with E-state index in [2.05, 4.69) is 217 Å². The molecule has 1 heteroatoms. The van der Waals surface area contributed by atoms with E-state index in [1.165, 1.54) is 77.2 Å². The van der Waals surface area contributed by atoms with Crippen LogP contribution in [0.1, 0.15) is 11.1 Å². The number of anilines is 3. The maximum Gasteiger partial charge on any atom is 0.0462 e. The van der Waals surface area contributed by atoms with Crippen molar-refractivity contribution in [1.82, 2.24) is 0 Å². The summed E-state index contributed by atoms with van der Waals surface area (Å²) in [7, 11) is 0. The molecule has 1 aliphatic carbocycles. The van der Waals surface area contributed by atoms with Crippen LogP contribution < -0.4 is 4.90 Å². The monoisotopic (exact) mass is 673 g/mol. The number of rotatable bonds is 7. The molecule has 0 radical (unpaired) electrons. The van der Waals surface area contributed by atoms with Crippen LogP contribution in [0, 0.1) is 0 Å². The highest BCUT2D eigenvalue weighted by atomic mass is 15.1. The van der Waals surface area contributed by atoms with E-state index in [1.54, 1.807) is 0 Å². The molecule has 9 aromatic rings. The molecule has 0 N–H and O–H groups in total. The zero-order chi connectivity index (χ0) is 35.1. The van der Waals surface area contributed by atoms with Gasteiger partial charge in [-0.1, -0.05) is 176 Å². The second-order valence-electron chi connectivity index (χ2n) is 13.7. The number of hydrogen-bond donors (Lipinski definition) is 0. The maximum absolute atomic E-state index is 2.36. The summed E-state index contributed by atoms with van der Waals surface area (Å²) in [5.74, 6) is 0. The van der Waals surface area contributed by atoms with Crippen LogP contribution >= 0.6 is 0 Å². The highest BCUT2D eigenvalue weighted by molar-refractivity contribution is 6.15. The first kappa shape index (κ1) is 30.8. The molecule has 0 bridgehead atoms. The zero-order valence-corrected chi connectivity index (χ0v) is 29.2. The molecule has 1 aliphatic rings. The highest BCUT2D eigenvalue weighted by Gasteiger charge is 2.19. The van der Waals surface area contributed by atoms with Crippen molar-refractivity contribution in [3.63, 3.8) is 0 Å². The van der Waals surface area contributed by atoms with Crippen LogP contribution in [-0.2, 0) is 0 Å². The van der Waals surface area contributed by atoms with Gasteiger partial charge in [0, 0.05) is 17.1 Å². The normalized spacial score (nSPS) is 11.7. The van der Waals surface area contributed by atoms with Gasteiger partial charge in [-0.05, 0) is 114 Å². The lowest BCUT2D eigenvalue weighted by atomic mass is 9.89. The van der Waals surface area contributed by atoms with Gasteiger partial charge in [0.2, 0.25) is 0 Å². The molecule has 0 spiro atoms. The average Bonchev–Trinajstić information content (AvgIpc) is 3.67. The third-order valence-corrected chi connectivity index (χ3v) is 10.6. The minimum atomic E-state index is 1.11. The molecule has 0 amide bonds. The molecular weight excluding hydrogens is 639 g/mol. The Kier molecular flexibility index (Phi) is 7.55. The third kappa shape index (κ3) is 5.51. The van der Waals surface area contributed by atoms with Crippen molar-refractivity contribution in [2.45, 2.75) is 0 Å². The molecule has 0 atom stereocenters. The largest absolute Gasteiger partial charge is 0.311 e. The third-order valence-electron chi connectivity index (χ3n) is 10.6. The molecule has 248 valence electrons. The van der Waals surface area contributed by atoms with Crippen molar-refractivity contribution in [3.8, 4) is 44.5 Å². The molecule has 0 aromatic heterocycles. The van der Waals surface area contributed by atoms with Gasteiger partial charge in [0.1, 0.15) is 0 Å². The van der Waals surface area contributed by atoms with E-state index in [0.29, 0.717) is 0 Å². The average molecular weight is 674 g/mol. The van der Waals surface area contributed by atoms with Crippen LogP contribution in [0.4, 0.5) is 17.1 Å². The lowest BCUT2D eigenvalue weighted by Crippen LogP contribution is -2.09. The van der Waals surface area contributed by atoms with Gasteiger partial charge in [-0.3, -0.25) is 0 Å². The molecule has 0 aliphatic heterocycles. The van der Waals surface area contributed by atoms with Gasteiger partial charge in [-0.15, -0.1) is 0 Å². The summed E-state index contributed by atoms with van der Waals surface area (Å²) in [6, 6.07) is 72.6. The van der Waals surface area contributed by atoms with E-state index in [1.807, 2.05) is 0 Å². The Morgan fingerprint density at radius 1 is 0.264 bits per heavy atom. The zero-order valence-electron chi connectivity index (χ0n) is 29.2. The van der Waals surface area contributed by atoms with Crippen LogP contribution in [0.3, 0.4) is 0 Å². The fourth-order valence-electron chi connectivity index (χ4n) is 8.04. The Morgan fingerprint density at radius 2 is 0.698 bits per heavy atom. The number of hydrogen-bond acceptors (Lipinski definition) is 1. The van der Waals surface area contributed by atoms with Gasteiger partial charge >= 0.3 is 0 Å². The first-order valence-electron chi connectivity index (χ1n) is 18.3. The molecule has 0 saturated carbocycles. The lowest BCUT2D eigenvalue weighted by molar-refractivity contribution is 1.28. The van der Waals surface area contributed by atoms with Crippen LogP contribution in [-0.4, -0.2) is 0 Å². The summed E-state index contributed by atoms with van der Waals surface area (Å²) in [5, 5.41) is 5.16. The van der Waals surface area contributed by atoms with Crippen molar-refractivity contribution in [2.75, 3.05) is 4.90 Å². The predicted octanol–water partition coefficient (Wildman–Crippen LogP) is 14.6. The minimum absolute atomic E-state index is 1.11. The smallest absolute Gasteiger partial charge is 0.0462 e. The molecule has 9 aromatic carbocycles. The van der Waals surface area contributed by atoms with Crippen molar-refractivity contribution in [2.24, 2.45) is 0 Å². The van der Waals surface area contributed by atoms with Crippen LogP contribution in [0.15, 0.2) is 200 Å². The molecular formula is C52H35N. The first-order chi connectivity index (χ1) is 26.3. The summed E-state index contributed by atoms with van der Waals surface area (Å²) in [4.78, 5) is 2.36. The van der Waals surface area contributed by atoms with Crippen molar-refractivity contribution in [3.05, 3.63) is 211 Å². The highest BCUT2D eigenvalue weighted by Crippen LogP contribution is 2.44. The van der Waals surface area contributed by atoms with E-state index in [9.17, 15) is 0 Å². The van der Waals surface area contributed by atoms with Crippen molar-refractivity contribution >= 4 is 50.8 Å². The SMILES string of the molecule is C1=Cc2ccc(-c3ccc(N(c4ccc(-c5ccccc5)cc4)c4ccc(-c5cccc6ccccc56)cc4)cc3)c3c(-c4ccccc4)ccc1c23. The minimum Gasteiger partial charge on any atom is -0.311 e. The van der Waals surface area contributed by atoms with Crippen molar-refractivity contribution in [1.29, 1.82) is 0 Å². The quantitative estimate of drug-likeness (QED) is 0.163. The Hall–Kier alpha value is -6.96. The van der Waals surface area contributed by atoms with Gasteiger partial charge in [0.15, 0.2) is 0 Å². The standard InChI is InChI=1S/C52H35N/c1-3-10-36(11-4-1)37-20-28-44(29-21-37)53(45-30-22-40(23-31-45)48-17-9-15-38-14-7-8-16-47(38)48)46-32-24-41(25-33-46)50-35-27-43-19-18-42-26-34-49(52(50)51(42)43)39-12-5-2-6-13-39/h1-35H. The van der Waals surface area contributed by atoms with Gasteiger partial charge in [-0.25, -0.2) is 0 Å². The second-order valence-corrected chi connectivity index (χ2v) is 13.7.